The second-order valence-electron chi connectivity index (χ2n) is 7.46. The third kappa shape index (κ3) is 5.00. The Kier molecular flexibility index (Phi) is 6.64. The first-order valence-electron chi connectivity index (χ1n) is 10.3. The lowest BCUT2D eigenvalue weighted by Gasteiger charge is -2.33. The molecule has 1 aliphatic rings. The van der Waals surface area contributed by atoms with E-state index in [2.05, 4.69) is 45.7 Å². The van der Waals surface area contributed by atoms with Crippen molar-refractivity contribution in [2.45, 2.75) is 24.3 Å². The molecule has 1 atom stereocenters. The van der Waals surface area contributed by atoms with Gasteiger partial charge in [0, 0.05) is 36.3 Å². The van der Waals surface area contributed by atoms with E-state index >= 15 is 0 Å². The molecule has 0 spiro atoms. The molecule has 0 unspecified atom stereocenters. The maximum Gasteiger partial charge on any atom is 0.225 e. The molecule has 4 rings (SSSR count). The number of rotatable bonds is 6. The van der Waals surface area contributed by atoms with Crippen LogP contribution in [0, 0.1) is 5.92 Å². The Morgan fingerprint density at radius 1 is 1.13 bits per heavy atom. The van der Waals surface area contributed by atoms with Crippen LogP contribution >= 0.6 is 11.8 Å². The van der Waals surface area contributed by atoms with Gasteiger partial charge < -0.3 is 10.2 Å². The zero-order valence-electron chi connectivity index (χ0n) is 17.1. The van der Waals surface area contributed by atoms with Crippen molar-refractivity contribution < 1.29 is 4.79 Å². The van der Waals surface area contributed by atoms with Crippen LogP contribution in [0.3, 0.4) is 0 Å². The van der Waals surface area contributed by atoms with E-state index in [0.717, 1.165) is 36.3 Å². The van der Waals surface area contributed by atoms with Crippen LogP contribution in [-0.2, 0) is 11.3 Å². The molecule has 3 aromatic rings. The summed E-state index contributed by atoms with van der Waals surface area (Å²) in [4.78, 5) is 25.4. The maximum atomic E-state index is 12.8. The molecule has 30 heavy (non-hydrogen) atoms. The number of nitrogens with one attached hydrogen (secondary N) is 1. The summed E-state index contributed by atoms with van der Waals surface area (Å²) in [5.74, 6) is 1.69. The molecule has 0 radical (unpaired) electrons. The summed E-state index contributed by atoms with van der Waals surface area (Å²) in [7, 11) is 0. The largest absolute Gasteiger partial charge is 0.356 e. The van der Waals surface area contributed by atoms with Crippen molar-refractivity contribution >= 4 is 23.5 Å². The van der Waals surface area contributed by atoms with Crippen LogP contribution in [0.2, 0.25) is 0 Å². The summed E-state index contributed by atoms with van der Waals surface area (Å²) in [5.41, 5.74) is 2.12. The third-order valence-electron chi connectivity index (χ3n) is 5.41. The highest BCUT2D eigenvalue weighted by Gasteiger charge is 2.26. The van der Waals surface area contributed by atoms with E-state index in [1.807, 2.05) is 36.4 Å². The molecule has 0 saturated carbocycles. The molecule has 1 aliphatic heterocycles. The van der Waals surface area contributed by atoms with Crippen molar-refractivity contribution in [2.24, 2.45) is 5.92 Å². The lowest BCUT2D eigenvalue weighted by atomic mass is 9.97. The summed E-state index contributed by atoms with van der Waals surface area (Å²) in [6.07, 6.45) is 5.74. The quantitative estimate of drug-likeness (QED) is 0.602. The van der Waals surface area contributed by atoms with E-state index in [4.69, 9.17) is 4.98 Å². The van der Waals surface area contributed by atoms with E-state index < -0.39 is 0 Å². The number of carbonyl (C=O) groups is 1. The molecule has 1 amide bonds. The Morgan fingerprint density at radius 2 is 1.93 bits per heavy atom. The number of anilines is 1. The number of carbonyl (C=O) groups excluding carboxylic acids is 1. The van der Waals surface area contributed by atoms with Gasteiger partial charge in [-0.3, -0.25) is 4.79 Å². The Hall–Kier alpha value is -2.86. The van der Waals surface area contributed by atoms with Gasteiger partial charge >= 0.3 is 0 Å². The minimum atomic E-state index is -0.0284. The molecule has 0 bridgehead atoms. The minimum Gasteiger partial charge on any atom is -0.356 e. The number of hydrogen-bond donors (Lipinski definition) is 1. The summed E-state index contributed by atoms with van der Waals surface area (Å²) in [6.45, 7) is 2.16. The molecule has 6 heteroatoms. The molecule has 1 saturated heterocycles. The van der Waals surface area contributed by atoms with Crippen molar-refractivity contribution in [1.82, 2.24) is 15.3 Å². The fourth-order valence-electron chi connectivity index (χ4n) is 3.73. The molecular formula is C24H26N4OS. The summed E-state index contributed by atoms with van der Waals surface area (Å²) >= 11 is 1.72. The normalized spacial score (nSPS) is 16.3. The molecule has 5 nitrogen and oxygen atoms in total. The minimum absolute atomic E-state index is 0.0284. The number of aromatic nitrogens is 2. The van der Waals surface area contributed by atoms with Crippen LogP contribution in [0.5, 0.6) is 0 Å². The Labute approximate surface area is 181 Å². The van der Waals surface area contributed by atoms with Gasteiger partial charge in [-0.2, -0.15) is 0 Å². The average Bonchev–Trinajstić information content (AvgIpc) is 2.83. The molecule has 0 aliphatic carbocycles. The predicted molar refractivity (Wildman–Crippen MR) is 122 cm³/mol. The van der Waals surface area contributed by atoms with Crippen molar-refractivity contribution in [2.75, 3.05) is 24.2 Å². The second-order valence-corrected chi connectivity index (χ2v) is 8.34. The van der Waals surface area contributed by atoms with Crippen molar-refractivity contribution in [3.8, 4) is 11.4 Å². The summed E-state index contributed by atoms with van der Waals surface area (Å²) in [6, 6.07) is 20.2. The van der Waals surface area contributed by atoms with Crippen LogP contribution < -0.4 is 10.2 Å². The number of thioether (sulfide) groups is 1. The number of piperidine rings is 1. The number of amides is 1. The van der Waals surface area contributed by atoms with Crippen LogP contribution in [0.4, 0.5) is 5.82 Å². The first-order chi connectivity index (χ1) is 14.7. The van der Waals surface area contributed by atoms with Gasteiger partial charge in [-0.25, -0.2) is 9.97 Å². The first-order valence-corrected chi connectivity index (χ1v) is 11.5. The van der Waals surface area contributed by atoms with E-state index in [1.165, 1.54) is 4.90 Å². The fraction of sp³-hybridized carbons (Fsp3) is 0.292. The lowest BCUT2D eigenvalue weighted by molar-refractivity contribution is -0.125. The maximum absolute atomic E-state index is 12.8. The SMILES string of the molecule is CSc1ccc(CNC(=O)[C@@H]2CCCN(c3ccnc(-c4ccccc4)n3)C2)cc1. The lowest BCUT2D eigenvalue weighted by Crippen LogP contribution is -2.43. The van der Waals surface area contributed by atoms with Crippen LogP contribution in [0.1, 0.15) is 18.4 Å². The monoisotopic (exact) mass is 418 g/mol. The van der Waals surface area contributed by atoms with E-state index in [0.29, 0.717) is 18.9 Å². The number of nitrogens with zero attached hydrogens (tertiary/aromatic N) is 3. The van der Waals surface area contributed by atoms with Gasteiger partial charge in [0.15, 0.2) is 5.82 Å². The summed E-state index contributed by atoms with van der Waals surface area (Å²) < 4.78 is 0. The predicted octanol–water partition coefficient (Wildman–Crippen LogP) is 4.40. The van der Waals surface area contributed by atoms with Gasteiger partial charge in [-0.15, -0.1) is 11.8 Å². The molecular weight excluding hydrogens is 392 g/mol. The van der Waals surface area contributed by atoms with Crippen LogP contribution in [0.15, 0.2) is 71.8 Å². The fourth-order valence-corrected chi connectivity index (χ4v) is 4.14. The van der Waals surface area contributed by atoms with Crippen LogP contribution in [-0.4, -0.2) is 35.2 Å². The zero-order chi connectivity index (χ0) is 20.8. The molecule has 154 valence electrons. The highest BCUT2D eigenvalue weighted by Crippen LogP contribution is 2.24. The van der Waals surface area contributed by atoms with E-state index in [1.54, 1.807) is 18.0 Å². The molecule has 1 fully saturated rings. The van der Waals surface area contributed by atoms with Gasteiger partial charge in [-0.1, -0.05) is 42.5 Å². The van der Waals surface area contributed by atoms with Gasteiger partial charge in [0.2, 0.25) is 5.91 Å². The van der Waals surface area contributed by atoms with Crippen molar-refractivity contribution in [3.63, 3.8) is 0 Å². The molecule has 1 N–H and O–H groups in total. The average molecular weight is 419 g/mol. The van der Waals surface area contributed by atoms with Crippen molar-refractivity contribution in [3.05, 3.63) is 72.4 Å². The number of hydrogen-bond acceptors (Lipinski definition) is 5. The highest BCUT2D eigenvalue weighted by molar-refractivity contribution is 7.98. The zero-order valence-corrected chi connectivity index (χ0v) is 17.9. The van der Waals surface area contributed by atoms with Crippen LogP contribution in [0.25, 0.3) is 11.4 Å². The van der Waals surface area contributed by atoms with Gasteiger partial charge in [0.05, 0.1) is 5.92 Å². The Bertz CT molecular complexity index is 978. The molecule has 1 aromatic heterocycles. The first kappa shape index (κ1) is 20.4. The smallest absolute Gasteiger partial charge is 0.225 e. The molecule has 2 heterocycles. The van der Waals surface area contributed by atoms with E-state index in [-0.39, 0.29) is 11.8 Å². The Balaban J connectivity index is 1.38. The topological polar surface area (TPSA) is 58.1 Å². The highest BCUT2D eigenvalue weighted by atomic mass is 32.2. The Morgan fingerprint density at radius 3 is 2.70 bits per heavy atom. The number of benzene rings is 2. The van der Waals surface area contributed by atoms with Gasteiger partial charge in [0.1, 0.15) is 5.82 Å². The van der Waals surface area contributed by atoms with E-state index in [9.17, 15) is 4.79 Å². The summed E-state index contributed by atoms with van der Waals surface area (Å²) in [5, 5.41) is 3.11. The van der Waals surface area contributed by atoms with Gasteiger partial charge in [0.25, 0.3) is 0 Å². The standard InChI is InChI=1S/C24H26N4OS/c1-30-21-11-9-18(10-12-21)16-26-24(29)20-8-5-15-28(17-20)22-13-14-25-23(27-22)19-6-3-2-4-7-19/h2-4,6-7,9-14,20H,5,8,15-17H2,1H3,(H,26,29)/t20-/m1/s1. The van der Waals surface area contributed by atoms with Crippen molar-refractivity contribution in [1.29, 1.82) is 0 Å². The van der Waals surface area contributed by atoms with Gasteiger partial charge in [-0.05, 0) is 42.9 Å². The molecule has 2 aromatic carbocycles. The second kappa shape index (κ2) is 9.76. The third-order valence-corrected chi connectivity index (χ3v) is 6.16.